The van der Waals surface area contributed by atoms with Crippen LogP contribution in [0.4, 0.5) is 0 Å². The smallest absolute Gasteiger partial charge is 0.243 e. The van der Waals surface area contributed by atoms with Crippen LogP contribution in [0, 0.1) is 18.3 Å². The second kappa shape index (κ2) is 6.31. The van der Waals surface area contributed by atoms with Gasteiger partial charge in [-0.1, -0.05) is 37.5 Å². The van der Waals surface area contributed by atoms with Crippen LogP contribution < -0.4 is 0 Å². The number of allylic oxidation sites excluding steroid dienone is 1. The molecule has 2 fully saturated rings. The van der Waals surface area contributed by atoms with Crippen molar-refractivity contribution < 1.29 is 13.2 Å². The standard InChI is InChI=1S/C21H27NO3S/c1-3-17-18-13-22(26(24,25)16-8-6-15(2)7-9-16)14-19(18)21(12-20(17)23)10-4-5-11-21/h6-9,19H,3-5,10-14H2,1-2H3/t19-/m0/s1. The van der Waals surface area contributed by atoms with Gasteiger partial charge in [0.25, 0.3) is 0 Å². The molecule has 1 aliphatic heterocycles. The van der Waals surface area contributed by atoms with E-state index >= 15 is 0 Å². The summed E-state index contributed by atoms with van der Waals surface area (Å²) in [4.78, 5) is 13.1. The molecular formula is C21H27NO3S. The van der Waals surface area contributed by atoms with E-state index in [2.05, 4.69) is 0 Å². The van der Waals surface area contributed by atoms with Crippen LogP contribution in [0.3, 0.4) is 0 Å². The maximum absolute atomic E-state index is 13.2. The summed E-state index contributed by atoms with van der Waals surface area (Å²) in [5.41, 5.74) is 3.06. The van der Waals surface area contributed by atoms with E-state index in [1.54, 1.807) is 16.4 Å². The third kappa shape index (κ3) is 2.67. The van der Waals surface area contributed by atoms with Gasteiger partial charge in [0.2, 0.25) is 10.0 Å². The molecule has 0 amide bonds. The topological polar surface area (TPSA) is 54.5 Å². The maximum atomic E-state index is 13.2. The Labute approximate surface area is 156 Å². The first kappa shape index (κ1) is 17.9. The van der Waals surface area contributed by atoms with Crippen LogP contribution in [0.25, 0.3) is 0 Å². The number of nitrogens with zero attached hydrogens (tertiary/aromatic N) is 1. The van der Waals surface area contributed by atoms with Crippen molar-refractivity contribution in [3.8, 4) is 0 Å². The SMILES string of the molecule is CCC1=C2CN(S(=O)(=O)c3ccc(C)cc3)C[C@@H]2C2(CCCC2)CC1=O. The van der Waals surface area contributed by atoms with E-state index in [1.165, 1.54) is 0 Å². The van der Waals surface area contributed by atoms with Crippen LogP contribution in [0.1, 0.15) is 51.0 Å². The molecule has 1 saturated heterocycles. The summed E-state index contributed by atoms with van der Waals surface area (Å²) in [6.07, 6.45) is 5.75. The van der Waals surface area contributed by atoms with Gasteiger partial charge in [-0.15, -0.1) is 0 Å². The zero-order chi connectivity index (χ0) is 18.5. The molecule has 0 aromatic heterocycles. The van der Waals surface area contributed by atoms with Gasteiger partial charge in [0.1, 0.15) is 0 Å². The van der Waals surface area contributed by atoms with Gasteiger partial charge in [-0.2, -0.15) is 4.31 Å². The summed E-state index contributed by atoms with van der Waals surface area (Å²) >= 11 is 0. The number of hydrogen-bond donors (Lipinski definition) is 0. The van der Waals surface area contributed by atoms with Gasteiger partial charge >= 0.3 is 0 Å². The highest BCUT2D eigenvalue weighted by atomic mass is 32.2. The minimum absolute atomic E-state index is 0.00261. The van der Waals surface area contributed by atoms with Crippen LogP contribution in [0.5, 0.6) is 0 Å². The fourth-order valence-corrected chi connectivity index (χ4v) is 6.78. The van der Waals surface area contributed by atoms with Crippen molar-refractivity contribution in [3.05, 3.63) is 41.0 Å². The predicted molar refractivity (Wildman–Crippen MR) is 101 cm³/mol. The normalized spacial score (nSPS) is 25.9. The highest BCUT2D eigenvalue weighted by molar-refractivity contribution is 7.89. The predicted octanol–water partition coefficient (Wildman–Crippen LogP) is 3.86. The first-order chi connectivity index (χ1) is 12.4. The number of benzene rings is 1. The minimum atomic E-state index is -3.52. The number of rotatable bonds is 3. The average Bonchev–Trinajstić information content (AvgIpc) is 3.24. The number of sulfonamides is 1. The van der Waals surface area contributed by atoms with Crippen molar-refractivity contribution >= 4 is 15.8 Å². The molecule has 3 aliphatic rings. The Hall–Kier alpha value is -1.46. The molecule has 0 bridgehead atoms. The number of hydrogen-bond acceptors (Lipinski definition) is 3. The van der Waals surface area contributed by atoms with Crippen LogP contribution >= 0.6 is 0 Å². The van der Waals surface area contributed by atoms with Crippen molar-refractivity contribution in [2.75, 3.05) is 13.1 Å². The molecule has 140 valence electrons. The van der Waals surface area contributed by atoms with E-state index in [0.717, 1.165) is 42.4 Å². The Kier molecular flexibility index (Phi) is 4.35. The third-order valence-electron chi connectivity index (χ3n) is 6.74. The Morgan fingerprint density at radius 3 is 2.42 bits per heavy atom. The lowest BCUT2D eigenvalue weighted by atomic mass is 9.63. The fraction of sp³-hybridized carbons (Fsp3) is 0.571. The lowest BCUT2D eigenvalue weighted by Gasteiger charge is -2.40. The van der Waals surface area contributed by atoms with Gasteiger partial charge < -0.3 is 0 Å². The van der Waals surface area contributed by atoms with Crippen molar-refractivity contribution in [1.82, 2.24) is 4.31 Å². The van der Waals surface area contributed by atoms with Gasteiger partial charge in [-0.25, -0.2) is 8.42 Å². The quantitative estimate of drug-likeness (QED) is 0.808. The average molecular weight is 374 g/mol. The van der Waals surface area contributed by atoms with E-state index in [4.69, 9.17) is 0 Å². The van der Waals surface area contributed by atoms with E-state index in [-0.39, 0.29) is 17.1 Å². The number of Topliss-reactive ketones (excluding diaryl/α,β-unsaturated/α-hetero) is 1. The highest BCUT2D eigenvalue weighted by Crippen LogP contribution is 2.56. The highest BCUT2D eigenvalue weighted by Gasteiger charge is 2.53. The van der Waals surface area contributed by atoms with Crippen molar-refractivity contribution in [3.63, 3.8) is 0 Å². The number of aryl methyl sites for hydroxylation is 1. The van der Waals surface area contributed by atoms with E-state index in [9.17, 15) is 13.2 Å². The van der Waals surface area contributed by atoms with Crippen LogP contribution in [0.15, 0.2) is 40.3 Å². The Morgan fingerprint density at radius 1 is 1.15 bits per heavy atom. The van der Waals surface area contributed by atoms with Crippen LogP contribution in [0.2, 0.25) is 0 Å². The number of fused-ring (bicyclic) bond motifs is 2. The van der Waals surface area contributed by atoms with Gasteiger partial charge in [0.15, 0.2) is 5.78 Å². The second-order valence-electron chi connectivity index (χ2n) is 8.19. The fourth-order valence-electron chi connectivity index (χ4n) is 5.35. The number of ketones is 1. The van der Waals surface area contributed by atoms with E-state index in [0.29, 0.717) is 30.8 Å². The molecule has 1 spiro atoms. The summed E-state index contributed by atoms with van der Waals surface area (Å²) in [7, 11) is -3.52. The Balaban J connectivity index is 1.73. The molecule has 0 radical (unpaired) electrons. The van der Waals surface area contributed by atoms with Crippen molar-refractivity contribution in [1.29, 1.82) is 0 Å². The minimum Gasteiger partial charge on any atom is -0.295 e. The largest absolute Gasteiger partial charge is 0.295 e. The zero-order valence-electron chi connectivity index (χ0n) is 15.6. The summed E-state index contributed by atoms with van der Waals surface area (Å²) in [6.45, 7) is 4.88. The molecule has 1 aromatic carbocycles. The molecular weight excluding hydrogens is 346 g/mol. The van der Waals surface area contributed by atoms with Crippen molar-refractivity contribution in [2.45, 2.75) is 57.3 Å². The van der Waals surface area contributed by atoms with Crippen molar-refractivity contribution in [2.24, 2.45) is 11.3 Å². The second-order valence-corrected chi connectivity index (χ2v) is 10.1. The molecule has 1 saturated carbocycles. The number of carbonyl (C=O) groups is 1. The molecule has 1 aromatic rings. The van der Waals surface area contributed by atoms with Crippen LogP contribution in [-0.4, -0.2) is 31.6 Å². The van der Waals surface area contributed by atoms with Gasteiger partial charge in [-0.3, -0.25) is 4.79 Å². The number of carbonyl (C=O) groups excluding carboxylic acids is 1. The molecule has 4 rings (SSSR count). The molecule has 2 aliphatic carbocycles. The monoisotopic (exact) mass is 373 g/mol. The lowest BCUT2D eigenvalue weighted by molar-refractivity contribution is -0.119. The molecule has 0 N–H and O–H groups in total. The molecule has 26 heavy (non-hydrogen) atoms. The van der Waals surface area contributed by atoms with Gasteiger partial charge in [0, 0.05) is 25.4 Å². The first-order valence-electron chi connectivity index (χ1n) is 9.69. The van der Waals surface area contributed by atoms with E-state index < -0.39 is 10.0 Å². The summed E-state index contributed by atoms with van der Waals surface area (Å²) in [5.74, 6) is 0.480. The Bertz CT molecular complexity index is 861. The van der Waals surface area contributed by atoms with Gasteiger partial charge in [-0.05, 0) is 54.9 Å². The molecule has 0 unspecified atom stereocenters. The third-order valence-corrected chi connectivity index (χ3v) is 8.57. The summed E-state index contributed by atoms with van der Waals surface area (Å²) < 4.78 is 28.0. The Morgan fingerprint density at radius 2 is 1.81 bits per heavy atom. The molecule has 5 heteroatoms. The molecule has 1 heterocycles. The van der Waals surface area contributed by atoms with Crippen LogP contribution in [-0.2, 0) is 14.8 Å². The maximum Gasteiger partial charge on any atom is 0.243 e. The first-order valence-corrected chi connectivity index (χ1v) is 11.1. The zero-order valence-corrected chi connectivity index (χ0v) is 16.4. The van der Waals surface area contributed by atoms with Gasteiger partial charge in [0.05, 0.1) is 4.90 Å². The molecule has 1 atom stereocenters. The molecule has 4 nitrogen and oxygen atoms in total. The summed E-state index contributed by atoms with van der Waals surface area (Å²) in [5, 5.41) is 0. The van der Waals surface area contributed by atoms with E-state index in [1.807, 2.05) is 26.0 Å². The lowest BCUT2D eigenvalue weighted by Crippen LogP contribution is -2.38. The summed E-state index contributed by atoms with van der Waals surface area (Å²) in [6, 6.07) is 7.07.